The number of halogens is 2. The highest BCUT2D eigenvalue weighted by Gasteiger charge is 2.18. The summed E-state index contributed by atoms with van der Waals surface area (Å²) in [5.41, 5.74) is 0.776. The van der Waals surface area contributed by atoms with Crippen LogP contribution >= 0.6 is 11.6 Å². The van der Waals surface area contributed by atoms with Gasteiger partial charge in [-0.25, -0.2) is 12.8 Å². The Labute approximate surface area is 132 Å². The summed E-state index contributed by atoms with van der Waals surface area (Å²) >= 11 is 5.91. The molecule has 0 saturated carbocycles. The molecule has 116 valence electrons. The highest BCUT2D eigenvalue weighted by atomic mass is 35.5. The lowest BCUT2D eigenvalue weighted by molar-refractivity contribution is -0.113. The van der Waals surface area contributed by atoms with E-state index in [2.05, 4.69) is 5.32 Å². The van der Waals surface area contributed by atoms with Gasteiger partial charge in [0.2, 0.25) is 5.91 Å². The summed E-state index contributed by atoms with van der Waals surface area (Å²) in [7, 11) is -3.66. The van der Waals surface area contributed by atoms with Crippen LogP contribution in [-0.4, -0.2) is 20.1 Å². The van der Waals surface area contributed by atoms with E-state index in [1.165, 1.54) is 24.3 Å². The average molecular weight is 342 g/mol. The molecule has 1 amide bonds. The zero-order valence-corrected chi connectivity index (χ0v) is 13.0. The largest absolute Gasteiger partial charge is 0.325 e. The van der Waals surface area contributed by atoms with Gasteiger partial charge < -0.3 is 5.32 Å². The van der Waals surface area contributed by atoms with Crippen molar-refractivity contribution < 1.29 is 17.6 Å². The van der Waals surface area contributed by atoms with Crippen molar-refractivity contribution in [3.8, 4) is 0 Å². The van der Waals surface area contributed by atoms with Gasteiger partial charge in [0.15, 0.2) is 9.84 Å². The average Bonchev–Trinajstić information content (AvgIpc) is 2.43. The molecule has 2 aromatic rings. The highest BCUT2D eigenvalue weighted by molar-refractivity contribution is 7.91. The molecule has 0 aliphatic carbocycles. The Kier molecular flexibility index (Phi) is 5.15. The van der Waals surface area contributed by atoms with Crippen LogP contribution in [0.15, 0.2) is 48.5 Å². The Hall–Kier alpha value is -1.92. The van der Waals surface area contributed by atoms with Gasteiger partial charge in [-0.15, -0.1) is 0 Å². The minimum Gasteiger partial charge on any atom is -0.325 e. The lowest BCUT2D eigenvalue weighted by Gasteiger charge is -2.07. The number of benzene rings is 2. The summed E-state index contributed by atoms with van der Waals surface area (Å²) in [6.45, 7) is 0. The van der Waals surface area contributed by atoms with Crippen molar-refractivity contribution in [2.24, 2.45) is 0 Å². The van der Waals surface area contributed by atoms with Gasteiger partial charge in [-0.1, -0.05) is 29.8 Å². The Morgan fingerprint density at radius 2 is 1.73 bits per heavy atom. The van der Waals surface area contributed by atoms with Crippen LogP contribution in [0.5, 0.6) is 0 Å². The lowest BCUT2D eigenvalue weighted by Crippen LogP contribution is -2.24. The standard InChI is InChI=1S/C15H13ClFNO3S/c16-14-4-2-1-3-11(14)9-22(20,21)10-15(19)18-13-7-5-12(17)6-8-13/h1-8H,9-10H2,(H,18,19). The molecule has 0 saturated heterocycles. The van der Waals surface area contributed by atoms with Crippen molar-refractivity contribution >= 4 is 33.0 Å². The lowest BCUT2D eigenvalue weighted by atomic mass is 10.2. The van der Waals surface area contributed by atoms with Gasteiger partial charge in [-0.2, -0.15) is 0 Å². The fourth-order valence-corrected chi connectivity index (χ4v) is 3.41. The molecule has 0 unspecified atom stereocenters. The zero-order chi connectivity index (χ0) is 16.2. The molecule has 2 rings (SSSR count). The van der Waals surface area contributed by atoms with Crippen LogP contribution in [0, 0.1) is 5.82 Å². The topological polar surface area (TPSA) is 63.2 Å². The Morgan fingerprint density at radius 3 is 2.36 bits per heavy atom. The van der Waals surface area contributed by atoms with Crippen LogP contribution in [0.4, 0.5) is 10.1 Å². The van der Waals surface area contributed by atoms with Gasteiger partial charge >= 0.3 is 0 Å². The number of hydrogen-bond acceptors (Lipinski definition) is 3. The summed E-state index contributed by atoms with van der Waals surface area (Å²) in [5, 5.41) is 2.75. The van der Waals surface area contributed by atoms with Gasteiger partial charge in [0, 0.05) is 10.7 Å². The number of rotatable bonds is 5. The van der Waals surface area contributed by atoms with Crippen molar-refractivity contribution in [3.05, 3.63) is 64.9 Å². The number of carbonyl (C=O) groups is 1. The number of amides is 1. The molecule has 0 spiro atoms. The van der Waals surface area contributed by atoms with Crippen molar-refractivity contribution in [1.29, 1.82) is 0 Å². The van der Waals surface area contributed by atoms with Crippen molar-refractivity contribution in [2.75, 3.05) is 11.1 Å². The summed E-state index contributed by atoms with van der Waals surface area (Å²) in [6.07, 6.45) is 0. The number of sulfone groups is 1. The van der Waals surface area contributed by atoms with E-state index >= 15 is 0 Å². The van der Waals surface area contributed by atoms with Crippen molar-refractivity contribution in [3.63, 3.8) is 0 Å². The first-order valence-electron chi connectivity index (χ1n) is 6.35. The number of hydrogen-bond donors (Lipinski definition) is 1. The van der Waals surface area contributed by atoms with E-state index in [4.69, 9.17) is 11.6 Å². The quantitative estimate of drug-likeness (QED) is 0.909. The first-order valence-corrected chi connectivity index (χ1v) is 8.55. The monoisotopic (exact) mass is 341 g/mol. The van der Waals surface area contributed by atoms with E-state index in [-0.39, 0.29) is 5.75 Å². The number of nitrogens with one attached hydrogen (secondary N) is 1. The van der Waals surface area contributed by atoms with Crippen LogP contribution in [0.1, 0.15) is 5.56 Å². The molecule has 0 atom stereocenters. The van der Waals surface area contributed by atoms with E-state index in [0.29, 0.717) is 16.3 Å². The van der Waals surface area contributed by atoms with Crippen LogP contribution in [0.25, 0.3) is 0 Å². The summed E-state index contributed by atoms with van der Waals surface area (Å²) in [5.74, 6) is -2.11. The minimum absolute atomic E-state index is 0.316. The smallest absolute Gasteiger partial charge is 0.239 e. The summed E-state index contributed by atoms with van der Waals surface area (Å²) in [6, 6.07) is 11.6. The molecule has 0 aliphatic rings. The molecule has 0 fully saturated rings. The SMILES string of the molecule is O=C(CS(=O)(=O)Cc1ccccc1Cl)Nc1ccc(F)cc1. The molecule has 0 aromatic heterocycles. The van der Waals surface area contributed by atoms with E-state index in [0.717, 1.165) is 0 Å². The van der Waals surface area contributed by atoms with E-state index in [1.807, 2.05) is 0 Å². The molecule has 0 bridgehead atoms. The maximum atomic E-state index is 12.8. The molecule has 7 heteroatoms. The van der Waals surface area contributed by atoms with Gasteiger partial charge in [0.05, 0.1) is 5.75 Å². The van der Waals surface area contributed by atoms with Crippen LogP contribution in [0.3, 0.4) is 0 Å². The number of anilines is 1. The van der Waals surface area contributed by atoms with Gasteiger partial charge in [0.1, 0.15) is 11.6 Å². The first kappa shape index (κ1) is 16.5. The molecular weight excluding hydrogens is 329 g/mol. The summed E-state index contributed by atoms with van der Waals surface area (Å²) < 4.78 is 36.8. The fourth-order valence-electron chi connectivity index (χ4n) is 1.83. The Bertz CT molecular complexity index is 776. The molecule has 22 heavy (non-hydrogen) atoms. The fraction of sp³-hybridized carbons (Fsp3) is 0.133. The maximum Gasteiger partial charge on any atom is 0.239 e. The van der Waals surface area contributed by atoms with E-state index in [1.54, 1.807) is 24.3 Å². The molecule has 2 aromatic carbocycles. The van der Waals surface area contributed by atoms with Gasteiger partial charge in [-0.05, 0) is 35.9 Å². The maximum absolute atomic E-state index is 12.8. The Morgan fingerprint density at radius 1 is 1.09 bits per heavy atom. The molecule has 0 radical (unpaired) electrons. The predicted octanol–water partition coefficient (Wildman–Crippen LogP) is 3.03. The van der Waals surface area contributed by atoms with E-state index < -0.39 is 27.3 Å². The van der Waals surface area contributed by atoms with Crippen LogP contribution < -0.4 is 5.32 Å². The predicted molar refractivity (Wildman–Crippen MR) is 84.0 cm³/mol. The second kappa shape index (κ2) is 6.89. The normalized spacial score (nSPS) is 11.2. The second-order valence-corrected chi connectivity index (χ2v) is 7.15. The third-order valence-corrected chi connectivity index (χ3v) is 4.63. The second-order valence-electron chi connectivity index (χ2n) is 4.68. The molecule has 4 nitrogen and oxygen atoms in total. The molecule has 0 heterocycles. The van der Waals surface area contributed by atoms with Gasteiger partial charge in [0.25, 0.3) is 0 Å². The molecule has 0 aliphatic heterocycles. The molecular formula is C15H13ClFNO3S. The van der Waals surface area contributed by atoms with Crippen LogP contribution in [-0.2, 0) is 20.4 Å². The zero-order valence-electron chi connectivity index (χ0n) is 11.4. The molecule has 1 N–H and O–H groups in total. The first-order chi connectivity index (χ1) is 10.4. The Balaban J connectivity index is 2.01. The number of carbonyl (C=O) groups excluding carboxylic acids is 1. The van der Waals surface area contributed by atoms with Crippen molar-refractivity contribution in [1.82, 2.24) is 0 Å². The summed E-state index contributed by atoms with van der Waals surface area (Å²) in [4.78, 5) is 11.8. The third-order valence-electron chi connectivity index (χ3n) is 2.81. The van der Waals surface area contributed by atoms with Gasteiger partial charge in [-0.3, -0.25) is 4.79 Å². The van der Waals surface area contributed by atoms with Crippen molar-refractivity contribution in [2.45, 2.75) is 5.75 Å². The minimum atomic E-state index is -3.66. The van der Waals surface area contributed by atoms with Crippen LogP contribution in [0.2, 0.25) is 5.02 Å². The highest BCUT2D eigenvalue weighted by Crippen LogP contribution is 2.18. The third kappa shape index (κ3) is 4.82. The van der Waals surface area contributed by atoms with E-state index in [9.17, 15) is 17.6 Å².